The molecule has 39 heavy (non-hydrogen) atoms. The summed E-state index contributed by atoms with van der Waals surface area (Å²) < 4.78 is 74.7. The Morgan fingerprint density at radius 3 is 2.21 bits per heavy atom. The molecule has 2 aromatic rings. The van der Waals surface area contributed by atoms with Crippen molar-refractivity contribution >= 4 is 17.8 Å². The van der Waals surface area contributed by atoms with Gasteiger partial charge in [-0.25, -0.2) is 9.59 Å². The number of carbonyl (C=O) groups is 3. The number of aliphatic carboxylic acids is 2. The lowest BCUT2D eigenvalue weighted by Gasteiger charge is -2.40. The first-order valence-corrected chi connectivity index (χ1v) is 11.3. The molecule has 0 aliphatic carbocycles. The van der Waals surface area contributed by atoms with Crippen molar-refractivity contribution in [3.05, 3.63) is 54.2 Å². The average Bonchev–Trinajstić information content (AvgIpc) is 3.55. The van der Waals surface area contributed by atoms with Crippen LogP contribution in [0.15, 0.2) is 47.3 Å². The number of fused-ring (bicyclic) bond motifs is 1. The van der Waals surface area contributed by atoms with Crippen LogP contribution in [0.3, 0.4) is 0 Å². The molecule has 10 nitrogen and oxygen atoms in total. The number of alkyl halides is 6. The van der Waals surface area contributed by atoms with Crippen LogP contribution < -0.4 is 5.32 Å². The fourth-order valence-corrected chi connectivity index (χ4v) is 3.88. The maximum Gasteiger partial charge on any atom is 0.490 e. The number of carboxylic acids is 2. The molecule has 16 heteroatoms. The Kier molecular flexibility index (Phi) is 11.3. The highest BCUT2D eigenvalue weighted by Crippen LogP contribution is 2.32. The Bertz CT molecular complexity index is 1040. The molecule has 2 aliphatic rings. The van der Waals surface area contributed by atoms with E-state index in [0.717, 1.165) is 38.3 Å². The van der Waals surface area contributed by atoms with Crippen LogP contribution in [-0.2, 0) is 32.2 Å². The number of carboxylic acid groups (broad SMARTS) is 2. The van der Waals surface area contributed by atoms with Crippen molar-refractivity contribution < 1.29 is 60.1 Å². The summed E-state index contributed by atoms with van der Waals surface area (Å²) in [4.78, 5) is 37.0. The van der Waals surface area contributed by atoms with Gasteiger partial charge in [-0.3, -0.25) is 14.7 Å². The summed E-state index contributed by atoms with van der Waals surface area (Å²) in [5.41, 5.74) is 1.17. The molecule has 2 aliphatic heterocycles. The van der Waals surface area contributed by atoms with Crippen LogP contribution in [0.5, 0.6) is 0 Å². The number of nitrogens with zero attached hydrogens (tertiary/aromatic N) is 2. The van der Waals surface area contributed by atoms with Gasteiger partial charge in [0.15, 0.2) is 0 Å². The number of likely N-dealkylation sites (tertiary alicyclic amines) is 1. The molecule has 4 rings (SSSR count). The molecular weight excluding hydrogens is 544 g/mol. The van der Waals surface area contributed by atoms with E-state index in [-0.39, 0.29) is 17.9 Å². The van der Waals surface area contributed by atoms with E-state index in [1.54, 1.807) is 12.5 Å². The molecule has 2 fully saturated rings. The number of aromatic nitrogens is 1. The summed E-state index contributed by atoms with van der Waals surface area (Å²) in [7, 11) is 0. The van der Waals surface area contributed by atoms with Gasteiger partial charge in [-0.1, -0.05) is 6.07 Å². The normalized spacial score (nSPS) is 20.9. The lowest BCUT2D eigenvalue weighted by atomic mass is 9.89. The van der Waals surface area contributed by atoms with Crippen molar-refractivity contribution in [3.8, 4) is 0 Å². The minimum absolute atomic E-state index is 0.0639. The van der Waals surface area contributed by atoms with Gasteiger partial charge in [0, 0.05) is 38.1 Å². The number of hydrogen-bond acceptors (Lipinski definition) is 7. The van der Waals surface area contributed by atoms with Gasteiger partial charge in [0.25, 0.3) is 0 Å². The predicted octanol–water partition coefficient (Wildman–Crippen LogP) is 3.24. The second-order valence-corrected chi connectivity index (χ2v) is 8.39. The fourth-order valence-electron chi connectivity index (χ4n) is 3.88. The summed E-state index contributed by atoms with van der Waals surface area (Å²) in [6.07, 6.45) is -2.90. The zero-order chi connectivity index (χ0) is 29.2. The van der Waals surface area contributed by atoms with Gasteiger partial charge in [-0.2, -0.15) is 26.3 Å². The molecule has 3 atom stereocenters. The number of hydrogen-bond donors (Lipinski definition) is 3. The maximum absolute atomic E-state index is 12.6. The molecule has 0 spiro atoms. The molecule has 2 saturated heterocycles. The highest BCUT2D eigenvalue weighted by molar-refractivity contribution is 5.79. The highest BCUT2D eigenvalue weighted by atomic mass is 19.4. The minimum Gasteiger partial charge on any atom is -0.475 e. The molecule has 2 aromatic heterocycles. The smallest absolute Gasteiger partial charge is 0.475 e. The number of piperidine rings is 1. The second-order valence-electron chi connectivity index (χ2n) is 8.39. The molecule has 0 unspecified atom stereocenters. The number of nitrogens with one attached hydrogen (secondary N) is 1. The second kappa shape index (κ2) is 13.9. The minimum atomic E-state index is -5.08. The summed E-state index contributed by atoms with van der Waals surface area (Å²) in [5.74, 6) is -4.74. The van der Waals surface area contributed by atoms with Gasteiger partial charge in [0.1, 0.15) is 5.76 Å². The molecular formula is C23H25F6N3O7. The van der Waals surface area contributed by atoms with Crippen molar-refractivity contribution in [1.29, 1.82) is 0 Å². The van der Waals surface area contributed by atoms with E-state index in [0.29, 0.717) is 12.6 Å². The lowest BCUT2D eigenvalue weighted by Crippen LogP contribution is -2.52. The monoisotopic (exact) mass is 569 g/mol. The summed E-state index contributed by atoms with van der Waals surface area (Å²) in [6.45, 7) is 2.77. The summed E-state index contributed by atoms with van der Waals surface area (Å²) in [5, 5.41) is 17.2. The number of carbonyl (C=O) groups excluding carboxylic acids is 1. The van der Waals surface area contributed by atoms with E-state index in [4.69, 9.17) is 29.0 Å². The van der Waals surface area contributed by atoms with E-state index in [1.807, 2.05) is 24.4 Å². The first-order valence-electron chi connectivity index (χ1n) is 11.3. The molecule has 1 amide bonds. The lowest BCUT2D eigenvalue weighted by molar-refractivity contribution is -0.193. The first-order chi connectivity index (χ1) is 18.2. The van der Waals surface area contributed by atoms with E-state index >= 15 is 0 Å². The van der Waals surface area contributed by atoms with Crippen LogP contribution in [0.25, 0.3) is 0 Å². The zero-order valence-corrected chi connectivity index (χ0v) is 20.1. The molecule has 0 aromatic carbocycles. The largest absolute Gasteiger partial charge is 0.490 e. The van der Waals surface area contributed by atoms with Crippen molar-refractivity contribution in [2.75, 3.05) is 13.2 Å². The third-order valence-electron chi connectivity index (χ3n) is 5.60. The van der Waals surface area contributed by atoms with Crippen LogP contribution in [0.1, 0.15) is 24.2 Å². The third-order valence-corrected chi connectivity index (χ3v) is 5.60. The quantitative estimate of drug-likeness (QED) is 0.463. The topological polar surface area (TPSA) is 142 Å². The Labute approximate surface area is 217 Å². The standard InChI is InChI=1S/C19H23N3O3.2C2HF3O2/c23-19(21-11-16-4-2-7-24-16)15-9-18-17(5-8-25-18)22(13-15)12-14-3-1-6-20-10-14;2*3-2(4,5)1(6)7/h1-4,6-7,10,15,17-18H,5,8-9,11-13H2,(H,21,23);2*(H,6,7)/t15-,17+,18+;;/m0../s1. The molecule has 0 radical (unpaired) electrons. The van der Waals surface area contributed by atoms with Crippen molar-refractivity contribution in [2.45, 2.75) is 50.4 Å². The number of halogens is 6. The first kappa shape index (κ1) is 31.6. The summed E-state index contributed by atoms with van der Waals surface area (Å²) >= 11 is 0. The molecule has 0 bridgehead atoms. The number of amides is 1. The SMILES string of the molecule is O=C(NCc1ccco1)[C@H]1C[C@H]2OCC[C@H]2N(Cc2cccnc2)C1.O=C(O)C(F)(F)F.O=C(O)C(F)(F)F. The molecule has 3 N–H and O–H groups in total. The summed E-state index contributed by atoms with van der Waals surface area (Å²) in [6, 6.07) is 8.13. The van der Waals surface area contributed by atoms with Crippen LogP contribution >= 0.6 is 0 Å². The number of pyridine rings is 1. The number of rotatable bonds is 5. The van der Waals surface area contributed by atoms with Crippen molar-refractivity contribution in [1.82, 2.24) is 15.2 Å². The van der Waals surface area contributed by atoms with E-state index in [2.05, 4.69) is 21.3 Å². The molecule has 4 heterocycles. The zero-order valence-electron chi connectivity index (χ0n) is 20.1. The molecule has 0 saturated carbocycles. The third kappa shape index (κ3) is 10.6. The van der Waals surface area contributed by atoms with Crippen LogP contribution in [0.4, 0.5) is 26.3 Å². The fraction of sp³-hybridized carbons (Fsp3) is 0.478. The Morgan fingerprint density at radius 1 is 1.05 bits per heavy atom. The van der Waals surface area contributed by atoms with E-state index in [1.165, 1.54) is 5.56 Å². The van der Waals surface area contributed by atoms with Crippen LogP contribution in [0, 0.1) is 5.92 Å². The van der Waals surface area contributed by atoms with E-state index in [9.17, 15) is 31.1 Å². The van der Waals surface area contributed by atoms with Gasteiger partial charge in [0.05, 0.1) is 24.8 Å². The molecule has 216 valence electrons. The van der Waals surface area contributed by atoms with Crippen LogP contribution in [-0.4, -0.2) is 75.6 Å². The van der Waals surface area contributed by atoms with Crippen molar-refractivity contribution in [2.24, 2.45) is 5.92 Å². The maximum atomic E-state index is 12.6. The Hall–Kier alpha value is -3.66. The van der Waals surface area contributed by atoms with Gasteiger partial charge in [-0.15, -0.1) is 0 Å². The van der Waals surface area contributed by atoms with Crippen molar-refractivity contribution in [3.63, 3.8) is 0 Å². The highest BCUT2D eigenvalue weighted by Gasteiger charge is 2.42. The van der Waals surface area contributed by atoms with E-state index < -0.39 is 24.3 Å². The Balaban J connectivity index is 0.000000317. The number of furan rings is 1. The van der Waals surface area contributed by atoms with Crippen LogP contribution in [0.2, 0.25) is 0 Å². The van der Waals surface area contributed by atoms with Gasteiger partial charge < -0.3 is 24.7 Å². The average molecular weight is 569 g/mol. The predicted molar refractivity (Wildman–Crippen MR) is 119 cm³/mol. The van der Waals surface area contributed by atoms with Gasteiger partial charge in [0.2, 0.25) is 5.91 Å². The number of ether oxygens (including phenoxy) is 1. The Morgan fingerprint density at radius 2 is 1.69 bits per heavy atom. The van der Waals surface area contributed by atoms with Gasteiger partial charge >= 0.3 is 24.3 Å². The van der Waals surface area contributed by atoms with Gasteiger partial charge in [-0.05, 0) is 36.6 Å².